The van der Waals surface area contributed by atoms with Crippen molar-refractivity contribution in [3.63, 3.8) is 0 Å². The van der Waals surface area contributed by atoms with E-state index in [1.165, 1.54) is 24.3 Å². The predicted octanol–water partition coefficient (Wildman–Crippen LogP) is 3.89. The van der Waals surface area contributed by atoms with Crippen molar-refractivity contribution >= 4 is 40.3 Å². The zero-order valence-corrected chi connectivity index (χ0v) is 15.3. The summed E-state index contributed by atoms with van der Waals surface area (Å²) in [6.45, 7) is 4.04. The van der Waals surface area contributed by atoms with Crippen molar-refractivity contribution in [2.24, 2.45) is 0 Å². The van der Waals surface area contributed by atoms with E-state index in [1.807, 2.05) is 26.0 Å². The topological polar surface area (TPSA) is 87.4 Å². The SMILES string of the molecule is Cc1cc(C)c(NC(=S)NC[C@H](O)c2ccc([N+](=O)[O-])cc2)c(Cl)c1. The Morgan fingerprint density at radius 2 is 1.96 bits per heavy atom. The summed E-state index contributed by atoms with van der Waals surface area (Å²) >= 11 is 11.5. The molecule has 3 N–H and O–H groups in total. The molecule has 0 aliphatic rings. The molecule has 0 unspecified atom stereocenters. The molecule has 132 valence electrons. The normalized spacial score (nSPS) is 11.7. The fraction of sp³-hybridized carbons (Fsp3) is 0.235. The highest BCUT2D eigenvalue weighted by Gasteiger charge is 2.12. The first-order chi connectivity index (χ1) is 11.8. The van der Waals surface area contributed by atoms with Crippen LogP contribution >= 0.6 is 23.8 Å². The lowest BCUT2D eigenvalue weighted by atomic mass is 10.1. The number of hydrogen-bond donors (Lipinski definition) is 3. The monoisotopic (exact) mass is 379 g/mol. The molecule has 2 aromatic carbocycles. The van der Waals surface area contributed by atoms with Crippen molar-refractivity contribution in [2.45, 2.75) is 20.0 Å². The van der Waals surface area contributed by atoms with Crippen LogP contribution in [0, 0.1) is 24.0 Å². The van der Waals surface area contributed by atoms with E-state index < -0.39 is 11.0 Å². The Morgan fingerprint density at radius 3 is 2.52 bits per heavy atom. The highest BCUT2D eigenvalue weighted by molar-refractivity contribution is 7.80. The molecule has 0 aromatic heterocycles. The summed E-state index contributed by atoms with van der Waals surface area (Å²) in [5.41, 5.74) is 3.27. The molecule has 25 heavy (non-hydrogen) atoms. The van der Waals surface area contributed by atoms with Crippen LogP contribution in [0.15, 0.2) is 36.4 Å². The van der Waals surface area contributed by atoms with E-state index in [9.17, 15) is 15.2 Å². The summed E-state index contributed by atoms with van der Waals surface area (Å²) in [5, 5.41) is 27.6. The molecule has 0 radical (unpaired) electrons. The zero-order chi connectivity index (χ0) is 18.6. The van der Waals surface area contributed by atoms with E-state index in [0.29, 0.717) is 15.7 Å². The lowest BCUT2D eigenvalue weighted by Crippen LogP contribution is -2.32. The molecule has 0 fully saturated rings. The van der Waals surface area contributed by atoms with Crippen LogP contribution < -0.4 is 10.6 Å². The van der Waals surface area contributed by atoms with Gasteiger partial charge in [-0.2, -0.15) is 0 Å². The van der Waals surface area contributed by atoms with Gasteiger partial charge in [-0.1, -0.05) is 17.7 Å². The predicted molar refractivity (Wildman–Crippen MR) is 103 cm³/mol. The summed E-state index contributed by atoms with van der Waals surface area (Å²) in [6, 6.07) is 9.56. The average molecular weight is 380 g/mol. The second kappa shape index (κ2) is 8.24. The van der Waals surface area contributed by atoms with Gasteiger partial charge in [0, 0.05) is 18.7 Å². The van der Waals surface area contributed by atoms with Gasteiger partial charge in [-0.15, -0.1) is 0 Å². The number of anilines is 1. The van der Waals surface area contributed by atoms with Gasteiger partial charge in [-0.05, 0) is 61.0 Å². The van der Waals surface area contributed by atoms with E-state index >= 15 is 0 Å². The number of aliphatic hydroxyl groups excluding tert-OH is 1. The molecule has 2 aromatic rings. The highest BCUT2D eigenvalue weighted by atomic mass is 35.5. The molecule has 0 heterocycles. The van der Waals surface area contributed by atoms with Crippen LogP contribution in [0.4, 0.5) is 11.4 Å². The van der Waals surface area contributed by atoms with Gasteiger partial charge in [0.15, 0.2) is 5.11 Å². The number of aliphatic hydroxyl groups is 1. The number of aryl methyl sites for hydroxylation is 2. The van der Waals surface area contributed by atoms with Gasteiger partial charge >= 0.3 is 0 Å². The first-order valence-corrected chi connectivity index (χ1v) is 8.30. The van der Waals surface area contributed by atoms with Gasteiger partial charge in [0.2, 0.25) is 0 Å². The van der Waals surface area contributed by atoms with Crippen molar-refractivity contribution in [2.75, 3.05) is 11.9 Å². The molecule has 0 amide bonds. The molecule has 2 rings (SSSR count). The number of rotatable bonds is 5. The Kier molecular flexibility index (Phi) is 6.30. The van der Waals surface area contributed by atoms with Crippen LogP contribution in [-0.2, 0) is 0 Å². The molecular formula is C17H18ClN3O3S. The zero-order valence-electron chi connectivity index (χ0n) is 13.7. The van der Waals surface area contributed by atoms with Gasteiger partial charge in [-0.25, -0.2) is 0 Å². The molecule has 8 heteroatoms. The lowest BCUT2D eigenvalue weighted by Gasteiger charge is -2.17. The second-order valence-electron chi connectivity index (χ2n) is 5.64. The minimum absolute atomic E-state index is 0.0226. The summed E-state index contributed by atoms with van der Waals surface area (Å²) in [6.07, 6.45) is -0.852. The smallest absolute Gasteiger partial charge is 0.269 e. The van der Waals surface area contributed by atoms with Crippen LogP contribution in [0.5, 0.6) is 0 Å². The summed E-state index contributed by atoms with van der Waals surface area (Å²) in [4.78, 5) is 10.2. The third-order valence-electron chi connectivity index (χ3n) is 3.61. The molecule has 1 atom stereocenters. The third-order valence-corrected chi connectivity index (χ3v) is 4.16. The molecule has 6 nitrogen and oxygen atoms in total. The first kappa shape index (κ1) is 19.1. The Morgan fingerprint density at radius 1 is 1.32 bits per heavy atom. The third kappa shape index (κ3) is 5.12. The van der Waals surface area contributed by atoms with Gasteiger partial charge in [0.05, 0.1) is 21.7 Å². The fourth-order valence-corrected chi connectivity index (χ4v) is 2.91. The van der Waals surface area contributed by atoms with E-state index in [2.05, 4.69) is 10.6 Å². The second-order valence-corrected chi connectivity index (χ2v) is 6.45. The van der Waals surface area contributed by atoms with Crippen molar-refractivity contribution in [1.82, 2.24) is 5.32 Å². The number of nitro benzene ring substituents is 1. The van der Waals surface area contributed by atoms with Gasteiger partial charge in [-0.3, -0.25) is 10.1 Å². The molecular weight excluding hydrogens is 362 g/mol. The van der Waals surface area contributed by atoms with Crippen molar-refractivity contribution < 1.29 is 10.0 Å². The molecule has 0 spiro atoms. The van der Waals surface area contributed by atoms with E-state index in [0.717, 1.165) is 16.8 Å². The van der Waals surface area contributed by atoms with E-state index in [-0.39, 0.29) is 12.2 Å². The number of thiocarbonyl (C=S) groups is 1. The number of benzene rings is 2. The fourth-order valence-electron chi connectivity index (χ4n) is 2.36. The number of hydrogen-bond acceptors (Lipinski definition) is 4. The lowest BCUT2D eigenvalue weighted by molar-refractivity contribution is -0.384. The number of halogens is 1. The maximum atomic E-state index is 10.6. The largest absolute Gasteiger partial charge is 0.387 e. The number of nitrogens with one attached hydrogen (secondary N) is 2. The number of non-ortho nitro benzene ring substituents is 1. The van der Waals surface area contributed by atoms with Crippen molar-refractivity contribution in [3.8, 4) is 0 Å². The van der Waals surface area contributed by atoms with Crippen LogP contribution in [-0.4, -0.2) is 21.7 Å². The maximum Gasteiger partial charge on any atom is 0.269 e. The van der Waals surface area contributed by atoms with Crippen molar-refractivity contribution in [3.05, 3.63) is 68.2 Å². The minimum Gasteiger partial charge on any atom is -0.387 e. The Hall–Kier alpha value is -2.22. The molecule has 0 aliphatic heterocycles. The number of nitro groups is 1. The Balaban J connectivity index is 1.94. The molecule has 0 saturated carbocycles. The standard InChI is InChI=1S/C17H18ClN3O3S/c1-10-7-11(2)16(14(18)8-10)20-17(25)19-9-15(22)12-3-5-13(6-4-12)21(23)24/h3-8,15,22H,9H2,1-2H3,(H2,19,20,25)/t15-/m0/s1. The summed E-state index contributed by atoms with van der Waals surface area (Å²) in [7, 11) is 0. The van der Waals surface area contributed by atoms with Crippen molar-refractivity contribution in [1.29, 1.82) is 0 Å². The molecule has 0 aliphatic carbocycles. The molecule has 0 bridgehead atoms. The van der Waals surface area contributed by atoms with Gasteiger partial charge in [0.25, 0.3) is 5.69 Å². The molecule has 0 saturated heterocycles. The van der Waals surface area contributed by atoms with Crippen LogP contribution in [0.2, 0.25) is 5.02 Å². The Labute approximate surface area is 156 Å². The Bertz CT molecular complexity index is 773. The van der Waals surface area contributed by atoms with Crippen LogP contribution in [0.3, 0.4) is 0 Å². The number of nitrogens with zero attached hydrogens (tertiary/aromatic N) is 1. The van der Waals surface area contributed by atoms with Gasteiger partial charge in [0.1, 0.15) is 0 Å². The summed E-state index contributed by atoms with van der Waals surface area (Å²) in [5.74, 6) is 0. The van der Waals surface area contributed by atoms with E-state index in [4.69, 9.17) is 23.8 Å². The van der Waals surface area contributed by atoms with Gasteiger partial charge < -0.3 is 15.7 Å². The first-order valence-electron chi connectivity index (χ1n) is 7.52. The average Bonchev–Trinajstić information content (AvgIpc) is 2.56. The van der Waals surface area contributed by atoms with Crippen LogP contribution in [0.1, 0.15) is 22.8 Å². The minimum atomic E-state index is -0.852. The quantitative estimate of drug-likeness (QED) is 0.415. The van der Waals surface area contributed by atoms with E-state index in [1.54, 1.807) is 0 Å². The summed E-state index contributed by atoms with van der Waals surface area (Å²) < 4.78 is 0. The van der Waals surface area contributed by atoms with Crippen LogP contribution in [0.25, 0.3) is 0 Å². The maximum absolute atomic E-state index is 10.6. The highest BCUT2D eigenvalue weighted by Crippen LogP contribution is 2.27.